The van der Waals surface area contributed by atoms with Gasteiger partial charge in [0.2, 0.25) is 0 Å². The first-order chi connectivity index (χ1) is 17.5. The molecule has 0 radical (unpaired) electrons. The number of aliphatic hydroxyl groups is 2. The van der Waals surface area contributed by atoms with E-state index in [1.165, 1.54) is 24.3 Å². The van der Waals surface area contributed by atoms with Gasteiger partial charge in [0.1, 0.15) is 18.3 Å². The second-order valence-corrected chi connectivity index (χ2v) is 11.1. The Balaban J connectivity index is 1.54. The van der Waals surface area contributed by atoms with E-state index in [9.17, 15) is 24.6 Å². The average molecular weight is 519 g/mol. The minimum Gasteiger partial charge on any atom is -0.463 e. The molecule has 0 amide bonds. The van der Waals surface area contributed by atoms with Crippen LogP contribution in [0.1, 0.15) is 40.0 Å². The van der Waals surface area contributed by atoms with E-state index in [0.717, 1.165) is 5.57 Å². The molecule has 3 heterocycles. The van der Waals surface area contributed by atoms with Gasteiger partial charge in [0.15, 0.2) is 6.10 Å². The molecule has 0 unspecified atom stereocenters. The van der Waals surface area contributed by atoms with Crippen LogP contribution in [0.25, 0.3) is 0 Å². The topological polar surface area (TPSA) is 141 Å². The highest BCUT2D eigenvalue weighted by Crippen LogP contribution is 2.72. The highest BCUT2D eigenvalue weighted by Gasteiger charge is 2.83. The van der Waals surface area contributed by atoms with Crippen LogP contribution in [-0.4, -0.2) is 84.1 Å². The molecule has 3 aliphatic heterocycles. The Morgan fingerprint density at radius 1 is 1.00 bits per heavy atom. The van der Waals surface area contributed by atoms with Crippen molar-refractivity contribution in [3.63, 3.8) is 0 Å². The van der Waals surface area contributed by atoms with Crippen LogP contribution >= 0.6 is 0 Å². The number of carbonyl (C=O) groups excluding carboxylic acids is 3. The Morgan fingerprint density at radius 3 is 2.41 bits per heavy atom. The molecule has 5 aliphatic rings. The number of rotatable bonds is 0. The van der Waals surface area contributed by atoms with Gasteiger partial charge in [-0.1, -0.05) is 32.1 Å². The quantitative estimate of drug-likeness (QED) is 0.208. The lowest BCUT2D eigenvalue weighted by molar-refractivity contribution is -0.240. The van der Waals surface area contributed by atoms with Gasteiger partial charge >= 0.3 is 17.9 Å². The fraction of sp³-hybridized carbons (Fsp3) is 0.667. The van der Waals surface area contributed by atoms with Crippen molar-refractivity contribution in [1.29, 1.82) is 0 Å². The highest BCUT2D eigenvalue weighted by molar-refractivity contribution is 5.84. The largest absolute Gasteiger partial charge is 0.463 e. The number of esters is 3. The van der Waals surface area contributed by atoms with Gasteiger partial charge in [-0.3, -0.25) is 0 Å². The molecule has 2 spiro atoms. The van der Waals surface area contributed by atoms with Crippen molar-refractivity contribution >= 4 is 17.9 Å². The number of allylic oxidation sites excluding steroid dienone is 2. The SMILES string of the molecule is CC1=C[C@H]2O[C@@H]3C[C@H]4OC(=O)/C=C\C=C\C(=O)OCC[C@@H](C)[C@H](O)C(=O)OC[C@@]2(C[C@H]1O)[C@]4(C)[C@]31CO1. The van der Waals surface area contributed by atoms with Crippen LogP contribution in [0.2, 0.25) is 0 Å². The minimum atomic E-state index is -1.44. The zero-order chi connectivity index (χ0) is 26.6. The second-order valence-electron chi connectivity index (χ2n) is 11.1. The summed E-state index contributed by atoms with van der Waals surface area (Å²) in [7, 11) is 0. The molecule has 202 valence electrons. The molecule has 2 saturated heterocycles. The van der Waals surface area contributed by atoms with Gasteiger partial charge in [-0.15, -0.1) is 0 Å². The van der Waals surface area contributed by atoms with E-state index in [4.69, 9.17) is 23.7 Å². The molecule has 10 nitrogen and oxygen atoms in total. The maximum atomic E-state index is 13.0. The fourth-order valence-corrected chi connectivity index (χ4v) is 6.66. The molecule has 0 aromatic rings. The number of aliphatic hydroxyl groups excluding tert-OH is 2. The van der Waals surface area contributed by atoms with Crippen LogP contribution in [0.4, 0.5) is 0 Å². The lowest BCUT2D eigenvalue weighted by atomic mass is 9.51. The zero-order valence-electron chi connectivity index (χ0n) is 21.3. The minimum absolute atomic E-state index is 0.00243. The molecule has 5 rings (SSSR count). The molecule has 3 fully saturated rings. The molecule has 0 aromatic heterocycles. The molecule has 0 aromatic carbocycles. The maximum Gasteiger partial charge on any atom is 0.335 e. The van der Waals surface area contributed by atoms with Crippen LogP contribution in [0.5, 0.6) is 0 Å². The second kappa shape index (κ2) is 9.34. The number of hydrogen-bond acceptors (Lipinski definition) is 10. The molecular formula is C27H34O10. The summed E-state index contributed by atoms with van der Waals surface area (Å²) < 4.78 is 29.3. The highest BCUT2D eigenvalue weighted by atomic mass is 16.6. The summed E-state index contributed by atoms with van der Waals surface area (Å²) >= 11 is 0. The molecular weight excluding hydrogens is 484 g/mol. The van der Waals surface area contributed by atoms with Gasteiger partial charge in [0, 0.05) is 24.0 Å². The molecule has 10 heteroatoms. The van der Waals surface area contributed by atoms with Crippen LogP contribution < -0.4 is 0 Å². The van der Waals surface area contributed by atoms with Gasteiger partial charge in [-0.25, -0.2) is 14.4 Å². The third-order valence-electron chi connectivity index (χ3n) is 9.22. The van der Waals surface area contributed by atoms with E-state index in [1.807, 2.05) is 19.9 Å². The van der Waals surface area contributed by atoms with Crippen molar-refractivity contribution in [3.8, 4) is 0 Å². The third-order valence-corrected chi connectivity index (χ3v) is 9.22. The summed E-state index contributed by atoms with van der Waals surface area (Å²) in [6, 6.07) is 0. The first-order valence-corrected chi connectivity index (χ1v) is 12.8. The van der Waals surface area contributed by atoms with E-state index in [2.05, 4.69) is 0 Å². The maximum absolute atomic E-state index is 13.0. The van der Waals surface area contributed by atoms with Crippen molar-refractivity contribution in [2.24, 2.45) is 16.7 Å². The van der Waals surface area contributed by atoms with Crippen molar-refractivity contribution in [2.45, 2.75) is 76.2 Å². The summed E-state index contributed by atoms with van der Waals surface area (Å²) in [4.78, 5) is 37.6. The predicted octanol–water partition coefficient (Wildman–Crippen LogP) is 1.14. The molecule has 2 aliphatic carbocycles. The predicted molar refractivity (Wildman–Crippen MR) is 127 cm³/mol. The molecule has 1 saturated carbocycles. The Morgan fingerprint density at radius 2 is 1.70 bits per heavy atom. The van der Waals surface area contributed by atoms with E-state index in [1.54, 1.807) is 6.92 Å². The van der Waals surface area contributed by atoms with Crippen molar-refractivity contribution in [3.05, 3.63) is 36.0 Å². The van der Waals surface area contributed by atoms with E-state index in [-0.39, 0.29) is 32.2 Å². The van der Waals surface area contributed by atoms with Crippen molar-refractivity contribution < 1.29 is 48.3 Å². The lowest BCUT2D eigenvalue weighted by Crippen LogP contribution is -2.68. The zero-order valence-corrected chi connectivity index (χ0v) is 21.3. The van der Waals surface area contributed by atoms with Crippen molar-refractivity contribution in [2.75, 3.05) is 19.8 Å². The number of ether oxygens (including phenoxy) is 5. The molecule has 37 heavy (non-hydrogen) atoms. The Bertz CT molecular complexity index is 1060. The van der Waals surface area contributed by atoms with Crippen LogP contribution in [0.15, 0.2) is 36.0 Å². The van der Waals surface area contributed by atoms with Gasteiger partial charge in [-0.2, -0.15) is 0 Å². The number of cyclic esters (lactones) is 2. The van der Waals surface area contributed by atoms with E-state index >= 15 is 0 Å². The Hall–Kier alpha value is -2.53. The first-order valence-electron chi connectivity index (χ1n) is 12.8. The normalized spacial score (nSPS) is 47.9. The van der Waals surface area contributed by atoms with Crippen LogP contribution in [0.3, 0.4) is 0 Å². The average Bonchev–Trinajstić information content (AvgIpc) is 3.63. The monoisotopic (exact) mass is 518 g/mol. The van der Waals surface area contributed by atoms with E-state index < -0.39 is 64.7 Å². The summed E-state index contributed by atoms with van der Waals surface area (Å²) in [6.45, 7) is 5.67. The Labute approximate surface area is 215 Å². The Kier molecular flexibility index (Phi) is 6.59. The van der Waals surface area contributed by atoms with Gasteiger partial charge in [0.25, 0.3) is 0 Å². The van der Waals surface area contributed by atoms with Gasteiger partial charge in [-0.05, 0) is 31.3 Å². The lowest BCUT2D eigenvalue weighted by Gasteiger charge is -2.58. The smallest absolute Gasteiger partial charge is 0.335 e. The molecule has 2 N–H and O–H groups in total. The third kappa shape index (κ3) is 4.05. The first kappa shape index (κ1) is 26.1. The van der Waals surface area contributed by atoms with Gasteiger partial charge < -0.3 is 33.9 Å². The van der Waals surface area contributed by atoms with Crippen molar-refractivity contribution in [1.82, 2.24) is 0 Å². The van der Waals surface area contributed by atoms with Crippen LogP contribution in [-0.2, 0) is 38.1 Å². The van der Waals surface area contributed by atoms with Crippen LogP contribution in [0, 0.1) is 16.7 Å². The fourth-order valence-electron chi connectivity index (χ4n) is 6.66. The van der Waals surface area contributed by atoms with E-state index in [0.29, 0.717) is 13.0 Å². The van der Waals surface area contributed by atoms with Gasteiger partial charge in [0.05, 0.1) is 36.9 Å². The summed E-state index contributed by atoms with van der Waals surface area (Å²) in [5.41, 5.74) is -1.84. The molecule has 2 bridgehead atoms. The summed E-state index contributed by atoms with van der Waals surface area (Å²) in [5.74, 6) is -2.57. The summed E-state index contributed by atoms with van der Waals surface area (Å²) in [5, 5.41) is 21.6. The molecule has 9 atom stereocenters. The summed E-state index contributed by atoms with van der Waals surface area (Å²) in [6.07, 6.45) is 4.09. The number of epoxide rings is 1. The number of carbonyl (C=O) groups is 3. The standard InChI is InChI=1S/C27H34O10/c1-15-8-9-33-21(29)6-4-5-7-22(30)37-18-11-20-27(14-35-27)25(18,3)26(13-34-24(32)23(15)31)12-17(28)16(2)10-19(26)36-20/h4-7,10,15,17-20,23,28,31H,8-9,11-14H2,1-3H3/b6-4+,7-5-/t15-,17-,18-,19-,20-,23+,25-,26-,27+/m1/s1. The number of hydrogen-bond donors (Lipinski definition) is 2.